The van der Waals surface area contributed by atoms with Crippen LogP contribution in [0.15, 0.2) is 47.4 Å². The Bertz CT molecular complexity index is 743. The van der Waals surface area contributed by atoms with Crippen LogP contribution in [-0.2, 0) is 14.4 Å². The maximum absolute atomic E-state index is 12.2. The number of hydrogen-bond donors (Lipinski definition) is 2. The van der Waals surface area contributed by atoms with E-state index >= 15 is 0 Å². The van der Waals surface area contributed by atoms with Gasteiger partial charge in [-0.25, -0.2) is 0 Å². The molecule has 1 saturated heterocycles. The molecule has 8 heteroatoms. The lowest BCUT2D eigenvalue weighted by molar-refractivity contribution is -0.137. The van der Waals surface area contributed by atoms with Crippen LogP contribution in [0.1, 0.15) is 12.0 Å². The molecule has 0 unspecified atom stereocenters. The van der Waals surface area contributed by atoms with Crippen LogP contribution in [0.25, 0.3) is 6.08 Å². The summed E-state index contributed by atoms with van der Waals surface area (Å²) in [6, 6.07) is 9.46. The minimum Gasteiger partial charge on any atom is -0.481 e. The Morgan fingerprint density at radius 2 is 1.92 bits per heavy atom. The average Bonchev–Trinajstić information content (AvgIpc) is 2.83. The molecule has 130 valence electrons. The highest BCUT2D eigenvalue weighted by Gasteiger charge is 2.35. The quantitative estimate of drug-likeness (QED) is 0.720. The number of thioether (sulfide) groups is 1. The molecule has 1 aliphatic heterocycles. The van der Waals surface area contributed by atoms with Crippen molar-refractivity contribution >= 4 is 40.9 Å². The summed E-state index contributed by atoms with van der Waals surface area (Å²) in [5.41, 5.74) is 0.954. The first-order chi connectivity index (χ1) is 12.0. The third-order valence-electron chi connectivity index (χ3n) is 3.17. The van der Waals surface area contributed by atoms with Gasteiger partial charge in [0, 0.05) is 6.54 Å². The Morgan fingerprint density at radius 3 is 2.60 bits per heavy atom. The largest absolute Gasteiger partial charge is 0.481 e. The normalized spacial score (nSPS) is 16.0. The molecule has 7 nitrogen and oxygen atoms in total. The van der Waals surface area contributed by atoms with Crippen molar-refractivity contribution in [3.05, 3.63) is 53.0 Å². The van der Waals surface area contributed by atoms with Crippen LogP contribution < -0.4 is 5.32 Å². The van der Waals surface area contributed by atoms with Crippen LogP contribution in [0, 0.1) is 0 Å². The standard InChI is InChI=1S/C17H16N2O5S/c20-14(18-10-9-15(21)22)11-19-16(23)13(25-17(19)24)8-4-7-12-5-2-1-3-6-12/h1-8H,9-11H2,(H,18,20)(H,21,22)/b7-4+,13-8-. The van der Waals surface area contributed by atoms with E-state index in [9.17, 15) is 19.2 Å². The number of nitrogens with one attached hydrogen (secondary N) is 1. The van der Waals surface area contributed by atoms with Gasteiger partial charge in [0.25, 0.3) is 11.1 Å². The summed E-state index contributed by atoms with van der Waals surface area (Å²) in [4.78, 5) is 47.2. The maximum Gasteiger partial charge on any atom is 0.305 e. The first-order valence-corrected chi connectivity index (χ1v) is 8.24. The molecule has 0 radical (unpaired) electrons. The molecule has 0 aromatic heterocycles. The van der Waals surface area contributed by atoms with Gasteiger partial charge in [0.1, 0.15) is 6.54 Å². The van der Waals surface area contributed by atoms with Gasteiger partial charge in [-0.05, 0) is 23.4 Å². The number of nitrogens with zero attached hydrogens (tertiary/aromatic N) is 1. The second kappa shape index (κ2) is 8.84. The van der Waals surface area contributed by atoms with Crippen molar-refractivity contribution in [2.24, 2.45) is 0 Å². The van der Waals surface area contributed by atoms with Crippen LogP contribution in [0.2, 0.25) is 0 Å². The van der Waals surface area contributed by atoms with Gasteiger partial charge in [0.05, 0.1) is 11.3 Å². The van der Waals surface area contributed by atoms with Gasteiger partial charge >= 0.3 is 5.97 Å². The topological polar surface area (TPSA) is 104 Å². The number of benzene rings is 1. The van der Waals surface area contributed by atoms with Gasteiger partial charge in [0.15, 0.2) is 0 Å². The number of allylic oxidation sites excluding steroid dienone is 2. The van der Waals surface area contributed by atoms with Crippen molar-refractivity contribution in [2.75, 3.05) is 13.1 Å². The SMILES string of the molecule is O=C(O)CCNC(=O)CN1C(=O)S/C(=C\C=C\c2ccccc2)C1=O. The number of carboxylic acid groups (broad SMARTS) is 1. The van der Waals surface area contributed by atoms with Crippen molar-refractivity contribution in [2.45, 2.75) is 6.42 Å². The van der Waals surface area contributed by atoms with Crippen LogP contribution in [0.3, 0.4) is 0 Å². The summed E-state index contributed by atoms with van der Waals surface area (Å²) < 4.78 is 0. The molecule has 0 atom stereocenters. The molecule has 3 amide bonds. The molecular formula is C17H16N2O5S. The van der Waals surface area contributed by atoms with Crippen molar-refractivity contribution in [1.82, 2.24) is 10.2 Å². The molecule has 2 rings (SSSR count). The summed E-state index contributed by atoms with van der Waals surface area (Å²) in [7, 11) is 0. The molecule has 2 N–H and O–H groups in total. The van der Waals surface area contributed by atoms with E-state index in [0.29, 0.717) is 0 Å². The molecule has 1 aromatic carbocycles. The number of carbonyl (C=O) groups excluding carboxylic acids is 3. The van der Waals surface area contributed by atoms with Crippen molar-refractivity contribution in [3.8, 4) is 0 Å². The molecule has 25 heavy (non-hydrogen) atoms. The second-order valence-electron chi connectivity index (χ2n) is 5.05. The zero-order valence-electron chi connectivity index (χ0n) is 13.2. The number of aliphatic carboxylic acids is 1. The smallest absolute Gasteiger partial charge is 0.305 e. The fraction of sp³-hybridized carbons (Fsp3) is 0.176. The molecule has 0 bridgehead atoms. The van der Waals surface area contributed by atoms with Gasteiger partial charge in [-0.2, -0.15) is 0 Å². The van der Waals surface area contributed by atoms with Crippen LogP contribution in [0.5, 0.6) is 0 Å². The Labute approximate surface area is 148 Å². The molecular weight excluding hydrogens is 344 g/mol. The van der Waals surface area contributed by atoms with Crippen molar-refractivity contribution < 1.29 is 24.3 Å². The summed E-state index contributed by atoms with van der Waals surface area (Å²) in [6.07, 6.45) is 4.77. The van der Waals surface area contributed by atoms with E-state index in [1.807, 2.05) is 30.3 Å². The first-order valence-electron chi connectivity index (χ1n) is 7.43. The third kappa shape index (κ3) is 5.61. The summed E-state index contributed by atoms with van der Waals surface area (Å²) >= 11 is 0.761. The first kappa shape index (κ1) is 18.5. The van der Waals surface area contributed by atoms with E-state index in [1.54, 1.807) is 12.2 Å². The molecule has 1 aliphatic rings. The van der Waals surface area contributed by atoms with Gasteiger partial charge in [-0.15, -0.1) is 0 Å². The van der Waals surface area contributed by atoms with E-state index in [0.717, 1.165) is 22.2 Å². The van der Waals surface area contributed by atoms with E-state index < -0.39 is 29.6 Å². The minimum atomic E-state index is -1.04. The fourth-order valence-corrected chi connectivity index (χ4v) is 2.76. The summed E-state index contributed by atoms with van der Waals surface area (Å²) in [5, 5.41) is 10.3. The van der Waals surface area contributed by atoms with Crippen LogP contribution in [0.4, 0.5) is 4.79 Å². The highest BCUT2D eigenvalue weighted by Crippen LogP contribution is 2.30. The third-order valence-corrected chi connectivity index (χ3v) is 4.10. The second-order valence-corrected chi connectivity index (χ2v) is 6.05. The molecule has 0 saturated carbocycles. The maximum atomic E-state index is 12.2. The lowest BCUT2D eigenvalue weighted by Gasteiger charge is -2.11. The summed E-state index contributed by atoms with van der Waals surface area (Å²) in [6.45, 7) is -0.482. The van der Waals surface area contributed by atoms with Crippen LogP contribution >= 0.6 is 11.8 Å². The van der Waals surface area contributed by atoms with Gasteiger partial charge in [0.2, 0.25) is 5.91 Å². The number of imide groups is 1. The van der Waals surface area contributed by atoms with Crippen LogP contribution in [-0.4, -0.2) is 46.1 Å². The highest BCUT2D eigenvalue weighted by molar-refractivity contribution is 8.18. The zero-order chi connectivity index (χ0) is 18.2. The van der Waals surface area contributed by atoms with Gasteiger partial charge < -0.3 is 10.4 Å². The molecule has 1 heterocycles. The number of amides is 3. The fourth-order valence-electron chi connectivity index (χ4n) is 1.97. The molecule has 0 spiro atoms. The Kier molecular flexibility index (Phi) is 6.53. The monoisotopic (exact) mass is 360 g/mol. The lowest BCUT2D eigenvalue weighted by Crippen LogP contribution is -2.40. The predicted molar refractivity (Wildman–Crippen MR) is 93.5 cm³/mol. The average molecular weight is 360 g/mol. The lowest BCUT2D eigenvalue weighted by atomic mass is 10.2. The number of hydrogen-bond acceptors (Lipinski definition) is 5. The van der Waals surface area contributed by atoms with Crippen molar-refractivity contribution in [1.29, 1.82) is 0 Å². The zero-order valence-corrected chi connectivity index (χ0v) is 14.0. The molecule has 1 aromatic rings. The predicted octanol–water partition coefficient (Wildman–Crippen LogP) is 1.87. The van der Waals surface area contributed by atoms with E-state index in [1.165, 1.54) is 6.08 Å². The number of rotatable bonds is 7. The van der Waals surface area contributed by atoms with E-state index in [4.69, 9.17) is 5.11 Å². The Morgan fingerprint density at radius 1 is 1.20 bits per heavy atom. The van der Waals surface area contributed by atoms with E-state index in [-0.39, 0.29) is 17.9 Å². The van der Waals surface area contributed by atoms with Gasteiger partial charge in [-0.3, -0.25) is 24.1 Å². The van der Waals surface area contributed by atoms with E-state index in [2.05, 4.69) is 5.32 Å². The Hall–Kier alpha value is -2.87. The summed E-state index contributed by atoms with van der Waals surface area (Å²) in [5.74, 6) is -2.16. The van der Waals surface area contributed by atoms with Crippen molar-refractivity contribution in [3.63, 3.8) is 0 Å². The number of carbonyl (C=O) groups is 4. The Balaban J connectivity index is 1.92. The number of carboxylic acids is 1. The molecule has 0 aliphatic carbocycles. The molecule has 1 fully saturated rings. The minimum absolute atomic E-state index is 0.0555. The highest BCUT2D eigenvalue weighted by atomic mass is 32.2. The van der Waals surface area contributed by atoms with Gasteiger partial charge in [-0.1, -0.05) is 42.5 Å².